The highest BCUT2D eigenvalue weighted by Crippen LogP contribution is 2.22. The molecule has 0 saturated carbocycles. The molecule has 6 heteroatoms. The summed E-state index contributed by atoms with van der Waals surface area (Å²) in [7, 11) is 0. The first-order chi connectivity index (χ1) is 12.3. The van der Waals surface area contributed by atoms with E-state index in [0.29, 0.717) is 11.3 Å². The number of nitrogens with one attached hydrogen (secondary N) is 2. The van der Waals surface area contributed by atoms with Crippen molar-refractivity contribution in [3.8, 4) is 0 Å². The Morgan fingerprint density at radius 1 is 1.08 bits per heavy atom. The van der Waals surface area contributed by atoms with Gasteiger partial charge in [0, 0.05) is 20.5 Å². The van der Waals surface area contributed by atoms with E-state index in [1.54, 1.807) is 19.1 Å². The van der Waals surface area contributed by atoms with E-state index in [4.69, 9.17) is 0 Å². The molecule has 26 heavy (non-hydrogen) atoms. The van der Waals surface area contributed by atoms with Gasteiger partial charge < -0.3 is 5.32 Å². The van der Waals surface area contributed by atoms with Crippen molar-refractivity contribution in [3.63, 3.8) is 0 Å². The summed E-state index contributed by atoms with van der Waals surface area (Å²) in [5.41, 5.74) is 7.60. The quantitative estimate of drug-likeness (QED) is 0.393. The minimum absolute atomic E-state index is 0.110. The average Bonchev–Trinajstić information content (AvgIpc) is 2.56. The van der Waals surface area contributed by atoms with E-state index in [0.717, 1.165) is 25.9 Å². The maximum absolute atomic E-state index is 12.3. The number of nitrogens with zero attached hydrogens (tertiary/aromatic N) is 1. The van der Waals surface area contributed by atoms with Crippen LogP contribution in [0.3, 0.4) is 0 Å². The van der Waals surface area contributed by atoms with Crippen LogP contribution in [0.2, 0.25) is 0 Å². The lowest BCUT2D eigenvalue weighted by Crippen LogP contribution is -2.22. The number of carbonyl (C=O) groups is 2. The van der Waals surface area contributed by atoms with Gasteiger partial charge in [-0.25, -0.2) is 5.43 Å². The van der Waals surface area contributed by atoms with Gasteiger partial charge in [0.1, 0.15) is 0 Å². The number of hydrogen-bond donors (Lipinski definition) is 2. The van der Waals surface area contributed by atoms with Crippen LogP contribution in [-0.2, 0) is 4.79 Å². The second kappa shape index (κ2) is 8.93. The summed E-state index contributed by atoms with van der Waals surface area (Å²) in [5.74, 6) is -0.460. The number of hydrogen-bond acceptors (Lipinski definition) is 3. The molecule has 0 unspecified atom stereocenters. The molecule has 2 rings (SSSR count). The molecule has 0 aliphatic rings. The van der Waals surface area contributed by atoms with Crippen LogP contribution in [0.25, 0.3) is 0 Å². The SMILES string of the molecule is C/C(CC(=O)Nc1c(C)cc(C)cc1C)=N\NC(=O)c1cccc(I)c1. The van der Waals surface area contributed by atoms with Crippen LogP contribution in [0, 0.1) is 24.3 Å². The summed E-state index contributed by atoms with van der Waals surface area (Å²) in [5, 5.41) is 6.95. The molecule has 2 N–H and O–H groups in total. The van der Waals surface area contributed by atoms with Crippen molar-refractivity contribution in [2.45, 2.75) is 34.1 Å². The van der Waals surface area contributed by atoms with Gasteiger partial charge in [-0.3, -0.25) is 9.59 Å². The van der Waals surface area contributed by atoms with E-state index >= 15 is 0 Å². The normalized spacial score (nSPS) is 11.2. The highest BCUT2D eigenvalue weighted by atomic mass is 127. The predicted molar refractivity (Wildman–Crippen MR) is 114 cm³/mol. The third-order valence-electron chi connectivity index (χ3n) is 3.79. The molecule has 0 aliphatic heterocycles. The maximum Gasteiger partial charge on any atom is 0.271 e. The number of benzene rings is 2. The summed E-state index contributed by atoms with van der Waals surface area (Å²) in [6.07, 6.45) is 0.110. The molecular weight excluding hydrogens is 441 g/mol. The Kier molecular flexibility index (Phi) is 6.90. The van der Waals surface area contributed by atoms with Gasteiger partial charge in [0.05, 0.1) is 6.42 Å². The number of carbonyl (C=O) groups excluding carboxylic acids is 2. The molecule has 2 amide bonds. The van der Waals surface area contributed by atoms with E-state index in [-0.39, 0.29) is 18.2 Å². The van der Waals surface area contributed by atoms with E-state index in [2.05, 4.69) is 38.4 Å². The van der Waals surface area contributed by atoms with Gasteiger partial charge in [0.2, 0.25) is 5.91 Å². The van der Waals surface area contributed by atoms with Gasteiger partial charge in [-0.05, 0) is 79.6 Å². The molecule has 136 valence electrons. The molecule has 0 heterocycles. The van der Waals surface area contributed by atoms with Gasteiger partial charge in [0.15, 0.2) is 0 Å². The molecule has 0 fully saturated rings. The Labute approximate surface area is 167 Å². The fourth-order valence-electron chi connectivity index (χ4n) is 2.67. The van der Waals surface area contributed by atoms with Crippen LogP contribution in [0.1, 0.15) is 40.4 Å². The van der Waals surface area contributed by atoms with E-state index in [1.807, 2.05) is 45.0 Å². The summed E-state index contributed by atoms with van der Waals surface area (Å²) in [4.78, 5) is 24.3. The molecule has 0 radical (unpaired) electrons. The van der Waals surface area contributed by atoms with Crippen LogP contribution >= 0.6 is 22.6 Å². The lowest BCUT2D eigenvalue weighted by atomic mass is 10.0. The van der Waals surface area contributed by atoms with Crippen molar-refractivity contribution >= 4 is 45.8 Å². The lowest BCUT2D eigenvalue weighted by Gasteiger charge is -2.12. The maximum atomic E-state index is 12.3. The molecule has 2 aromatic carbocycles. The monoisotopic (exact) mass is 463 g/mol. The van der Waals surface area contributed by atoms with Gasteiger partial charge in [-0.15, -0.1) is 0 Å². The summed E-state index contributed by atoms with van der Waals surface area (Å²) < 4.78 is 0.971. The number of rotatable bonds is 5. The Hall–Kier alpha value is -2.22. The first-order valence-electron chi connectivity index (χ1n) is 8.23. The first kappa shape index (κ1) is 20.1. The van der Waals surface area contributed by atoms with E-state index in [1.165, 1.54) is 0 Å². The van der Waals surface area contributed by atoms with Crippen molar-refractivity contribution in [3.05, 3.63) is 62.2 Å². The summed E-state index contributed by atoms with van der Waals surface area (Å²) in [6, 6.07) is 11.3. The Morgan fingerprint density at radius 2 is 1.73 bits per heavy atom. The number of amides is 2. The second-order valence-electron chi connectivity index (χ2n) is 6.30. The third-order valence-corrected chi connectivity index (χ3v) is 4.46. The van der Waals surface area contributed by atoms with Crippen molar-refractivity contribution in [2.24, 2.45) is 5.10 Å². The average molecular weight is 463 g/mol. The van der Waals surface area contributed by atoms with Crippen molar-refractivity contribution < 1.29 is 9.59 Å². The zero-order valence-corrected chi connectivity index (χ0v) is 17.5. The van der Waals surface area contributed by atoms with Crippen molar-refractivity contribution in [2.75, 3.05) is 5.32 Å². The fraction of sp³-hybridized carbons (Fsp3) is 0.250. The Morgan fingerprint density at radius 3 is 2.35 bits per heavy atom. The molecule has 0 spiro atoms. The second-order valence-corrected chi connectivity index (χ2v) is 7.54. The Bertz CT molecular complexity index is 852. The van der Waals surface area contributed by atoms with Crippen LogP contribution in [0.4, 0.5) is 5.69 Å². The summed E-state index contributed by atoms with van der Waals surface area (Å²) >= 11 is 2.15. The van der Waals surface area contributed by atoms with Crippen LogP contribution in [-0.4, -0.2) is 17.5 Å². The van der Waals surface area contributed by atoms with Crippen LogP contribution in [0.15, 0.2) is 41.5 Å². The van der Waals surface area contributed by atoms with Crippen LogP contribution in [0.5, 0.6) is 0 Å². The minimum Gasteiger partial charge on any atom is -0.325 e. The highest BCUT2D eigenvalue weighted by Gasteiger charge is 2.10. The third kappa shape index (κ3) is 5.66. The fourth-order valence-corrected chi connectivity index (χ4v) is 3.22. The van der Waals surface area contributed by atoms with Gasteiger partial charge in [-0.2, -0.15) is 5.10 Å². The van der Waals surface area contributed by atoms with Gasteiger partial charge in [-0.1, -0.05) is 23.8 Å². The van der Waals surface area contributed by atoms with E-state index < -0.39 is 0 Å². The molecular formula is C20H22IN3O2. The molecule has 0 saturated heterocycles. The number of anilines is 1. The van der Waals surface area contributed by atoms with Gasteiger partial charge in [0.25, 0.3) is 5.91 Å². The molecule has 2 aromatic rings. The smallest absolute Gasteiger partial charge is 0.271 e. The highest BCUT2D eigenvalue weighted by molar-refractivity contribution is 14.1. The zero-order chi connectivity index (χ0) is 19.3. The molecule has 5 nitrogen and oxygen atoms in total. The number of hydrazone groups is 1. The summed E-state index contributed by atoms with van der Waals surface area (Å²) in [6.45, 7) is 7.68. The minimum atomic E-state index is -0.298. The van der Waals surface area contributed by atoms with E-state index in [9.17, 15) is 9.59 Å². The first-order valence-corrected chi connectivity index (χ1v) is 9.31. The topological polar surface area (TPSA) is 70.6 Å². The van der Waals surface area contributed by atoms with Gasteiger partial charge >= 0.3 is 0 Å². The molecule has 0 aliphatic carbocycles. The zero-order valence-electron chi connectivity index (χ0n) is 15.3. The number of aryl methyl sites for hydroxylation is 3. The lowest BCUT2D eigenvalue weighted by molar-refractivity contribution is -0.115. The molecule has 0 aromatic heterocycles. The molecule has 0 bridgehead atoms. The predicted octanol–water partition coefficient (Wildman–Crippen LogP) is 4.35. The van der Waals surface area contributed by atoms with Crippen molar-refractivity contribution in [1.29, 1.82) is 0 Å². The van der Waals surface area contributed by atoms with Crippen molar-refractivity contribution in [1.82, 2.24) is 5.43 Å². The number of halogens is 1. The van der Waals surface area contributed by atoms with Crippen LogP contribution < -0.4 is 10.7 Å². The Balaban J connectivity index is 1.96. The standard InChI is InChI=1S/C20H22IN3O2/c1-12-8-13(2)19(14(3)9-12)22-18(25)10-15(4)23-24-20(26)16-6-5-7-17(21)11-16/h5-9,11H,10H2,1-4H3,(H,22,25)(H,24,26)/b23-15+. The molecule has 0 atom stereocenters. The largest absolute Gasteiger partial charge is 0.325 e.